The average Bonchev–Trinajstić information content (AvgIpc) is 2.35. The molecule has 2 nitrogen and oxygen atoms in total. The summed E-state index contributed by atoms with van der Waals surface area (Å²) in [6, 6.07) is 0.848. The maximum absolute atomic E-state index is 13.1. The molecule has 0 aromatic rings. The number of fused-ring (bicyclic) bond motifs is 1. The molecule has 1 saturated carbocycles. The van der Waals surface area contributed by atoms with Gasteiger partial charge in [-0.1, -0.05) is 42.4 Å². The molecule has 4 atom stereocenters. The Kier molecular flexibility index (Phi) is 6.06. The van der Waals surface area contributed by atoms with E-state index < -0.39 is 0 Å². The van der Waals surface area contributed by atoms with Gasteiger partial charge in [0, 0.05) is 18.0 Å². The molecule has 1 aliphatic heterocycles. The fraction of sp³-hybridized carbons (Fsp3) is 0.941. The molecule has 1 heterocycles. The van der Waals surface area contributed by atoms with E-state index in [0.29, 0.717) is 33.1 Å². The molecule has 2 fully saturated rings. The lowest BCUT2D eigenvalue weighted by atomic mass is 9.68. The molecular weight excluding hydrogens is 372 g/mol. The van der Waals surface area contributed by atoms with Crippen molar-refractivity contribution in [1.82, 2.24) is 4.90 Å². The van der Waals surface area contributed by atoms with Gasteiger partial charge in [-0.15, -0.1) is 0 Å². The fourth-order valence-corrected chi connectivity index (χ4v) is 5.15. The largest absolute Gasteiger partial charge is 0.337 e. The Morgan fingerprint density at radius 1 is 1.38 bits per heavy atom. The smallest absolute Gasteiger partial charge is 0.226 e. The third-order valence-corrected chi connectivity index (χ3v) is 6.62. The summed E-state index contributed by atoms with van der Waals surface area (Å²) in [4.78, 5) is 15.3. The lowest BCUT2D eigenvalue weighted by molar-refractivity contribution is -0.149. The first-order chi connectivity index (χ1) is 9.85. The Hall–Kier alpha value is 0.265. The van der Waals surface area contributed by atoms with Crippen molar-refractivity contribution in [3.63, 3.8) is 0 Å². The van der Waals surface area contributed by atoms with E-state index in [1.165, 1.54) is 44.9 Å². The molecule has 4 unspecified atom stereocenters. The lowest BCUT2D eigenvalue weighted by Gasteiger charge is -2.47. The summed E-state index contributed by atoms with van der Waals surface area (Å²) in [7, 11) is 2.36. The van der Waals surface area contributed by atoms with Crippen molar-refractivity contribution in [1.29, 1.82) is 0 Å². The molecule has 1 saturated heterocycles. The molecule has 2 aliphatic rings. The van der Waals surface area contributed by atoms with Gasteiger partial charge < -0.3 is 4.90 Å². The number of carbonyl (C=O) groups excluding carboxylic acids is 1. The van der Waals surface area contributed by atoms with Crippen LogP contribution in [0.25, 0.3) is 0 Å². The maximum atomic E-state index is 13.1. The molecule has 2 rings (SSSR count). The Bertz CT molecular complexity index is 372. The van der Waals surface area contributed by atoms with Crippen LogP contribution in [-0.4, -0.2) is 34.1 Å². The summed E-state index contributed by atoms with van der Waals surface area (Å²) in [5.74, 6) is 1.42. The summed E-state index contributed by atoms with van der Waals surface area (Å²) in [6.07, 6.45) is 9.80. The Morgan fingerprint density at radius 2 is 2.10 bits per heavy atom. The minimum Gasteiger partial charge on any atom is -0.337 e. The second-order valence-electron chi connectivity index (χ2n) is 7.73. The highest BCUT2D eigenvalue weighted by Gasteiger charge is 2.43. The molecule has 0 bridgehead atoms. The molecule has 0 aromatic carbocycles. The van der Waals surface area contributed by atoms with E-state index in [1.54, 1.807) is 0 Å². The van der Waals surface area contributed by atoms with Crippen molar-refractivity contribution >= 4 is 36.3 Å². The first-order valence-electron chi connectivity index (χ1n) is 8.87. The first kappa shape index (κ1) is 17.6. The van der Waals surface area contributed by atoms with Crippen molar-refractivity contribution in [2.75, 3.05) is 0 Å². The van der Waals surface area contributed by atoms with Gasteiger partial charge in [0.15, 0.2) is 0 Å². The van der Waals surface area contributed by atoms with E-state index in [0.717, 1.165) is 6.42 Å². The highest BCUT2D eigenvalue weighted by atomic mass is 127. The van der Waals surface area contributed by atoms with E-state index in [1.807, 2.05) is 0 Å². The molecular formula is C17H31BINO. The molecule has 4 heteroatoms. The number of amides is 1. The summed E-state index contributed by atoms with van der Waals surface area (Å²) in [6.45, 7) is 6.62. The van der Waals surface area contributed by atoms with Crippen LogP contribution in [0.3, 0.4) is 0 Å². The van der Waals surface area contributed by atoms with Gasteiger partial charge in [0.2, 0.25) is 5.91 Å². The standard InChI is InChI=1S/C17H31BINO/c1-4-6-14-11-13-7-5-9-17(18,19)10-8-15(13)16(21)20(14)12(2)3/h12-15H,4-11,18H2,1-3H3. The minimum absolute atomic E-state index is 0.301. The van der Waals surface area contributed by atoms with Crippen LogP contribution in [0.4, 0.5) is 0 Å². The number of nitrogens with zero attached hydrogens (tertiary/aromatic N) is 1. The van der Waals surface area contributed by atoms with Crippen molar-refractivity contribution < 1.29 is 4.79 Å². The number of rotatable bonds is 3. The summed E-state index contributed by atoms with van der Waals surface area (Å²) in [5, 5.41) is 0. The summed E-state index contributed by atoms with van der Waals surface area (Å²) >= 11 is 2.61. The van der Waals surface area contributed by atoms with Crippen LogP contribution in [0.1, 0.15) is 72.1 Å². The molecule has 21 heavy (non-hydrogen) atoms. The second kappa shape index (κ2) is 7.22. The van der Waals surface area contributed by atoms with Crippen LogP contribution in [0.5, 0.6) is 0 Å². The number of halogens is 1. The second-order valence-corrected chi connectivity index (χ2v) is 10.3. The van der Waals surface area contributed by atoms with Crippen LogP contribution < -0.4 is 0 Å². The molecule has 1 aliphatic carbocycles. The third kappa shape index (κ3) is 4.17. The van der Waals surface area contributed by atoms with Gasteiger partial charge in [-0.3, -0.25) is 4.79 Å². The van der Waals surface area contributed by atoms with Gasteiger partial charge in [-0.2, -0.15) is 0 Å². The highest BCUT2D eigenvalue weighted by molar-refractivity contribution is 14.1. The Morgan fingerprint density at radius 3 is 2.71 bits per heavy atom. The van der Waals surface area contributed by atoms with Crippen molar-refractivity contribution in [2.45, 2.75) is 87.5 Å². The van der Waals surface area contributed by atoms with Crippen LogP contribution in [-0.2, 0) is 4.79 Å². The third-order valence-electron chi connectivity index (χ3n) is 5.54. The van der Waals surface area contributed by atoms with Crippen LogP contribution in [0, 0.1) is 11.8 Å². The molecule has 0 N–H and O–H groups in total. The van der Waals surface area contributed by atoms with E-state index >= 15 is 0 Å². The van der Waals surface area contributed by atoms with Crippen LogP contribution >= 0.6 is 22.6 Å². The number of likely N-dealkylation sites (tertiary alicyclic amines) is 1. The summed E-state index contributed by atoms with van der Waals surface area (Å²) in [5.41, 5.74) is 0. The normalized spacial score (nSPS) is 38.0. The van der Waals surface area contributed by atoms with Gasteiger partial charge in [0.05, 0.1) is 0 Å². The minimum atomic E-state index is 0.301. The average molecular weight is 403 g/mol. The topological polar surface area (TPSA) is 20.3 Å². The summed E-state index contributed by atoms with van der Waals surface area (Å²) < 4.78 is 0.395. The predicted octanol–water partition coefficient (Wildman–Crippen LogP) is 3.76. The van der Waals surface area contributed by atoms with Crippen molar-refractivity contribution in [2.24, 2.45) is 11.8 Å². The highest BCUT2D eigenvalue weighted by Crippen LogP contribution is 2.42. The number of hydrogen-bond donors (Lipinski definition) is 0. The zero-order valence-electron chi connectivity index (χ0n) is 14.2. The molecule has 120 valence electrons. The molecule has 0 aromatic heterocycles. The van der Waals surface area contributed by atoms with E-state index in [2.05, 4.69) is 56.1 Å². The van der Waals surface area contributed by atoms with Gasteiger partial charge in [-0.05, 0) is 61.6 Å². The lowest BCUT2D eigenvalue weighted by Crippen LogP contribution is -2.54. The predicted molar refractivity (Wildman–Crippen MR) is 101 cm³/mol. The number of carbonyl (C=O) groups is 1. The quantitative estimate of drug-likeness (QED) is 0.400. The molecule has 0 spiro atoms. The monoisotopic (exact) mass is 403 g/mol. The maximum Gasteiger partial charge on any atom is 0.226 e. The SMILES string of the molecule is BC1(I)CCCC2CC(CCC)N(C(C)C)C(=O)C2CC1. The fourth-order valence-electron chi connectivity index (χ4n) is 4.46. The number of piperidine rings is 1. The number of hydrogen-bond acceptors (Lipinski definition) is 1. The first-order valence-corrected chi connectivity index (χ1v) is 9.94. The van der Waals surface area contributed by atoms with E-state index in [-0.39, 0.29) is 0 Å². The molecule has 0 radical (unpaired) electrons. The van der Waals surface area contributed by atoms with E-state index in [9.17, 15) is 4.79 Å². The van der Waals surface area contributed by atoms with Crippen LogP contribution in [0.2, 0.25) is 0 Å². The van der Waals surface area contributed by atoms with Crippen molar-refractivity contribution in [3.05, 3.63) is 0 Å². The van der Waals surface area contributed by atoms with Gasteiger partial charge >= 0.3 is 0 Å². The Labute approximate surface area is 145 Å². The van der Waals surface area contributed by atoms with Gasteiger partial charge in [0.25, 0.3) is 0 Å². The molecule has 1 amide bonds. The van der Waals surface area contributed by atoms with Crippen LogP contribution in [0.15, 0.2) is 0 Å². The van der Waals surface area contributed by atoms with Crippen molar-refractivity contribution in [3.8, 4) is 0 Å². The van der Waals surface area contributed by atoms with Gasteiger partial charge in [-0.25, -0.2) is 0 Å². The zero-order chi connectivity index (χ0) is 15.6. The number of alkyl halides is 1. The zero-order valence-corrected chi connectivity index (χ0v) is 16.4. The van der Waals surface area contributed by atoms with Gasteiger partial charge in [0.1, 0.15) is 7.85 Å². The van der Waals surface area contributed by atoms with E-state index in [4.69, 9.17) is 0 Å². The Balaban J connectivity index is 2.17.